The number of nitrogens with zero attached hydrogens (tertiary/aromatic N) is 4. The van der Waals surface area contributed by atoms with Crippen molar-refractivity contribution >= 4 is 5.91 Å². The van der Waals surface area contributed by atoms with Gasteiger partial charge in [-0.25, -0.2) is 4.68 Å². The zero-order valence-corrected chi connectivity index (χ0v) is 15.4. The lowest BCUT2D eigenvalue weighted by Gasteiger charge is -2.35. The van der Waals surface area contributed by atoms with E-state index in [9.17, 15) is 9.59 Å². The topological polar surface area (TPSA) is 67.7 Å². The van der Waals surface area contributed by atoms with Crippen molar-refractivity contribution in [3.05, 3.63) is 27.7 Å². The summed E-state index contributed by atoms with van der Waals surface area (Å²) in [5.41, 5.74) is 2.25. The van der Waals surface area contributed by atoms with Crippen LogP contribution >= 0.6 is 0 Å². The summed E-state index contributed by atoms with van der Waals surface area (Å²) in [6, 6.07) is 1.78. The molecular formula is C19H28N4O3. The summed E-state index contributed by atoms with van der Waals surface area (Å²) in [7, 11) is 0. The van der Waals surface area contributed by atoms with E-state index in [1.54, 1.807) is 10.7 Å². The van der Waals surface area contributed by atoms with Gasteiger partial charge in [0.25, 0.3) is 11.5 Å². The Morgan fingerprint density at radius 3 is 2.69 bits per heavy atom. The molecular weight excluding hydrogens is 332 g/mol. The minimum atomic E-state index is -0.222. The fourth-order valence-corrected chi connectivity index (χ4v) is 4.17. The molecule has 1 atom stereocenters. The van der Waals surface area contributed by atoms with Crippen LogP contribution in [0.2, 0.25) is 0 Å². The molecule has 0 bridgehead atoms. The van der Waals surface area contributed by atoms with Crippen LogP contribution < -0.4 is 5.56 Å². The van der Waals surface area contributed by atoms with Crippen molar-refractivity contribution < 1.29 is 9.53 Å². The van der Waals surface area contributed by atoms with Gasteiger partial charge in [-0.05, 0) is 44.1 Å². The van der Waals surface area contributed by atoms with Crippen molar-refractivity contribution in [2.75, 3.05) is 39.3 Å². The summed E-state index contributed by atoms with van der Waals surface area (Å²) in [6.07, 6.45) is 5.91. The van der Waals surface area contributed by atoms with Crippen LogP contribution in [0.5, 0.6) is 0 Å². The Hall–Kier alpha value is -1.73. The number of hydrogen-bond donors (Lipinski definition) is 0. The lowest BCUT2D eigenvalue weighted by molar-refractivity contribution is -0.142. The highest BCUT2D eigenvalue weighted by atomic mass is 16.5. The molecule has 1 amide bonds. The lowest BCUT2D eigenvalue weighted by Crippen LogP contribution is -2.52. The van der Waals surface area contributed by atoms with Crippen LogP contribution in [0.25, 0.3) is 0 Å². The molecule has 7 heteroatoms. The monoisotopic (exact) mass is 360 g/mol. The normalized spacial score (nSPS) is 23.8. The van der Waals surface area contributed by atoms with Crippen LogP contribution in [0.15, 0.2) is 10.9 Å². The molecule has 1 aromatic heterocycles. The lowest BCUT2D eigenvalue weighted by atomic mass is 9.97. The van der Waals surface area contributed by atoms with E-state index < -0.39 is 0 Å². The van der Waals surface area contributed by atoms with Crippen LogP contribution in [0, 0.1) is 0 Å². The third-order valence-corrected chi connectivity index (χ3v) is 5.79. The standard InChI is InChI=1S/C19H28N4O3/c24-18-14-15-4-1-2-5-16(15)20-23(18)12-9-21-7-10-22(11-8-21)19(25)17-6-3-13-26-17/h14,17H,1-13H2. The quantitative estimate of drug-likeness (QED) is 0.780. The number of hydrogen-bond acceptors (Lipinski definition) is 5. The van der Waals surface area contributed by atoms with E-state index in [0.29, 0.717) is 13.2 Å². The second kappa shape index (κ2) is 7.88. The molecule has 2 fully saturated rings. The first-order valence-corrected chi connectivity index (χ1v) is 9.93. The summed E-state index contributed by atoms with van der Waals surface area (Å²) >= 11 is 0. The Morgan fingerprint density at radius 2 is 1.92 bits per heavy atom. The predicted molar refractivity (Wildman–Crippen MR) is 97.1 cm³/mol. The van der Waals surface area contributed by atoms with Crippen molar-refractivity contribution in [1.29, 1.82) is 0 Å². The Morgan fingerprint density at radius 1 is 1.12 bits per heavy atom. The Kier molecular flexibility index (Phi) is 5.36. The molecule has 1 aliphatic carbocycles. The molecule has 26 heavy (non-hydrogen) atoms. The molecule has 3 heterocycles. The van der Waals surface area contributed by atoms with Gasteiger partial charge in [-0.3, -0.25) is 14.5 Å². The van der Waals surface area contributed by atoms with Crippen molar-refractivity contribution in [3.63, 3.8) is 0 Å². The largest absolute Gasteiger partial charge is 0.368 e. The first kappa shape index (κ1) is 17.7. The number of carbonyl (C=O) groups is 1. The second-order valence-electron chi connectivity index (χ2n) is 7.55. The van der Waals surface area contributed by atoms with Crippen LogP contribution in [-0.2, 0) is 28.9 Å². The number of piperazine rings is 1. The van der Waals surface area contributed by atoms with Crippen molar-refractivity contribution in [1.82, 2.24) is 19.6 Å². The molecule has 2 saturated heterocycles. The van der Waals surface area contributed by atoms with Gasteiger partial charge in [-0.15, -0.1) is 0 Å². The summed E-state index contributed by atoms with van der Waals surface area (Å²) in [5, 5.41) is 4.59. The maximum Gasteiger partial charge on any atom is 0.267 e. The number of ether oxygens (including phenoxy) is 1. The number of fused-ring (bicyclic) bond motifs is 1. The molecule has 2 aliphatic heterocycles. The van der Waals surface area contributed by atoms with Gasteiger partial charge in [0.15, 0.2) is 0 Å². The Labute approximate surface area is 153 Å². The molecule has 0 aromatic carbocycles. The first-order valence-electron chi connectivity index (χ1n) is 9.93. The molecule has 0 spiro atoms. The van der Waals surface area contributed by atoms with Crippen LogP contribution in [0.1, 0.15) is 36.9 Å². The number of amides is 1. The average Bonchev–Trinajstić information content (AvgIpc) is 3.21. The summed E-state index contributed by atoms with van der Waals surface area (Å²) in [6.45, 7) is 5.30. The van der Waals surface area contributed by atoms with Crippen molar-refractivity contribution in [2.24, 2.45) is 0 Å². The van der Waals surface area contributed by atoms with E-state index in [1.807, 2.05) is 4.90 Å². The molecule has 3 aliphatic rings. The smallest absolute Gasteiger partial charge is 0.267 e. The minimum Gasteiger partial charge on any atom is -0.368 e. The van der Waals surface area contributed by atoms with Crippen molar-refractivity contribution in [3.8, 4) is 0 Å². The zero-order chi connectivity index (χ0) is 17.9. The third-order valence-electron chi connectivity index (χ3n) is 5.79. The maximum absolute atomic E-state index is 12.4. The van der Waals surface area contributed by atoms with Crippen LogP contribution in [0.3, 0.4) is 0 Å². The van der Waals surface area contributed by atoms with Gasteiger partial charge in [0.2, 0.25) is 0 Å². The molecule has 7 nitrogen and oxygen atoms in total. The van der Waals surface area contributed by atoms with Crippen molar-refractivity contribution in [2.45, 2.75) is 51.2 Å². The average molecular weight is 360 g/mol. The fraction of sp³-hybridized carbons (Fsp3) is 0.737. The fourth-order valence-electron chi connectivity index (χ4n) is 4.17. The first-order chi connectivity index (χ1) is 12.7. The highest BCUT2D eigenvalue weighted by Gasteiger charge is 2.30. The summed E-state index contributed by atoms with van der Waals surface area (Å²) < 4.78 is 7.13. The molecule has 1 unspecified atom stereocenters. The van der Waals surface area contributed by atoms with Gasteiger partial charge in [0.05, 0.1) is 12.2 Å². The van der Waals surface area contributed by atoms with Gasteiger partial charge in [-0.2, -0.15) is 5.10 Å². The van der Waals surface area contributed by atoms with Crippen LogP contribution in [-0.4, -0.2) is 70.9 Å². The van der Waals surface area contributed by atoms with E-state index in [4.69, 9.17) is 4.74 Å². The number of rotatable bonds is 4. The summed E-state index contributed by atoms with van der Waals surface area (Å²) in [5.74, 6) is 0.148. The highest BCUT2D eigenvalue weighted by molar-refractivity contribution is 5.81. The summed E-state index contributed by atoms with van der Waals surface area (Å²) in [4.78, 5) is 28.9. The van der Waals surface area contributed by atoms with E-state index in [1.165, 1.54) is 6.42 Å². The molecule has 0 N–H and O–H groups in total. The highest BCUT2D eigenvalue weighted by Crippen LogP contribution is 2.17. The predicted octanol–water partition coefficient (Wildman–Crippen LogP) is 0.445. The molecule has 0 saturated carbocycles. The SMILES string of the molecule is O=C(C1CCCO1)N1CCN(CCn2nc3c(cc2=O)CCCC3)CC1. The van der Waals surface area contributed by atoms with Gasteiger partial charge in [0.1, 0.15) is 6.10 Å². The van der Waals surface area contributed by atoms with Gasteiger partial charge < -0.3 is 9.64 Å². The molecule has 142 valence electrons. The van der Waals surface area contributed by atoms with E-state index in [2.05, 4.69) is 10.00 Å². The minimum absolute atomic E-state index is 0.0119. The number of aromatic nitrogens is 2. The number of aryl methyl sites for hydroxylation is 2. The Bertz CT molecular complexity index is 703. The van der Waals surface area contributed by atoms with Gasteiger partial charge in [0, 0.05) is 45.4 Å². The maximum atomic E-state index is 12.4. The van der Waals surface area contributed by atoms with Gasteiger partial charge in [-0.1, -0.05) is 0 Å². The van der Waals surface area contributed by atoms with E-state index >= 15 is 0 Å². The van der Waals surface area contributed by atoms with Gasteiger partial charge >= 0.3 is 0 Å². The molecule has 0 radical (unpaired) electrons. The van der Waals surface area contributed by atoms with E-state index in [-0.39, 0.29) is 17.6 Å². The van der Waals surface area contributed by atoms with E-state index in [0.717, 1.165) is 76.1 Å². The van der Waals surface area contributed by atoms with Crippen LogP contribution in [0.4, 0.5) is 0 Å². The molecule has 4 rings (SSSR count). The zero-order valence-electron chi connectivity index (χ0n) is 15.4. The number of carbonyl (C=O) groups excluding carboxylic acids is 1. The second-order valence-corrected chi connectivity index (χ2v) is 7.55. The Balaban J connectivity index is 1.28. The molecule has 1 aromatic rings. The third kappa shape index (κ3) is 3.83.